The highest BCUT2D eigenvalue weighted by atomic mass is 16.5. The van der Waals surface area contributed by atoms with Crippen molar-refractivity contribution >= 4 is 18.0 Å². The molecule has 0 radical (unpaired) electrons. The van der Waals surface area contributed by atoms with Gasteiger partial charge in [-0.25, -0.2) is 4.79 Å². The normalized spacial score (nSPS) is 16.7. The van der Waals surface area contributed by atoms with Crippen LogP contribution < -0.4 is 10.6 Å². The third kappa shape index (κ3) is 5.82. The highest BCUT2D eigenvalue weighted by Gasteiger charge is 2.32. The number of hydrogen-bond donors (Lipinski definition) is 4. The molecule has 1 saturated carbocycles. The predicted octanol–water partition coefficient (Wildman–Crippen LogP) is 3.43. The summed E-state index contributed by atoms with van der Waals surface area (Å²) in [6.07, 6.45) is 3.03. The van der Waals surface area contributed by atoms with Crippen molar-refractivity contribution in [3.05, 3.63) is 59.7 Å². The maximum Gasteiger partial charge on any atom is 0.407 e. The Balaban J connectivity index is 1.40. The highest BCUT2D eigenvalue weighted by Crippen LogP contribution is 2.44. The number of aliphatic hydroxyl groups excluding tert-OH is 1. The number of rotatable bonds is 10. The molecule has 0 bridgehead atoms. The summed E-state index contributed by atoms with van der Waals surface area (Å²) < 4.78 is 5.49. The van der Waals surface area contributed by atoms with E-state index in [4.69, 9.17) is 4.74 Å². The number of carboxylic acid groups (broad SMARTS) is 1. The molecular weight excluding hydrogens is 448 g/mol. The number of aliphatic hydroxyl groups is 1. The van der Waals surface area contributed by atoms with Gasteiger partial charge in [0.2, 0.25) is 5.91 Å². The number of nitrogens with one attached hydrogen (secondary N) is 2. The van der Waals surface area contributed by atoms with Crippen LogP contribution in [0, 0.1) is 5.92 Å². The molecule has 8 nitrogen and oxygen atoms in total. The first-order valence-electron chi connectivity index (χ1n) is 12.2. The first kappa shape index (κ1) is 24.7. The van der Waals surface area contributed by atoms with Crippen LogP contribution in [0.25, 0.3) is 11.1 Å². The first-order chi connectivity index (χ1) is 17.0. The lowest BCUT2D eigenvalue weighted by Gasteiger charge is -2.26. The quantitative estimate of drug-likeness (QED) is 0.413. The number of carboxylic acids is 1. The molecule has 1 fully saturated rings. The average Bonchev–Trinajstić information content (AvgIpc) is 3.49. The molecule has 4 rings (SSSR count). The number of aliphatic carboxylic acids is 1. The Kier molecular flexibility index (Phi) is 8.02. The van der Waals surface area contributed by atoms with Crippen LogP contribution in [0.4, 0.5) is 4.79 Å². The molecule has 0 heterocycles. The fraction of sp³-hybridized carbons (Fsp3) is 0.444. The second-order valence-corrected chi connectivity index (χ2v) is 9.29. The number of benzene rings is 2. The van der Waals surface area contributed by atoms with E-state index in [1.54, 1.807) is 0 Å². The zero-order valence-electron chi connectivity index (χ0n) is 19.6. The number of carbonyl (C=O) groups excluding carboxylic acids is 2. The Bertz CT molecular complexity index is 1020. The Hall–Kier alpha value is -3.39. The number of hydrogen-bond acceptors (Lipinski definition) is 5. The lowest BCUT2D eigenvalue weighted by molar-refractivity contribution is -0.140. The summed E-state index contributed by atoms with van der Waals surface area (Å²) in [5, 5.41) is 24.0. The molecule has 2 aliphatic rings. The molecule has 0 saturated heterocycles. The van der Waals surface area contributed by atoms with Crippen LogP contribution in [0.15, 0.2) is 48.5 Å². The molecule has 2 atom stereocenters. The van der Waals surface area contributed by atoms with Crippen LogP contribution in [-0.2, 0) is 14.3 Å². The zero-order valence-corrected chi connectivity index (χ0v) is 19.6. The average molecular weight is 481 g/mol. The summed E-state index contributed by atoms with van der Waals surface area (Å²) in [6.45, 7) is -0.0126. The van der Waals surface area contributed by atoms with E-state index in [0.717, 1.165) is 47.9 Å². The van der Waals surface area contributed by atoms with E-state index in [9.17, 15) is 24.6 Å². The second-order valence-electron chi connectivity index (χ2n) is 9.29. The lowest BCUT2D eigenvalue weighted by Crippen LogP contribution is -2.52. The van der Waals surface area contributed by atoms with Crippen LogP contribution in [0.1, 0.15) is 55.6 Å². The van der Waals surface area contributed by atoms with Crippen LogP contribution in [0.5, 0.6) is 0 Å². The second kappa shape index (κ2) is 11.4. The van der Waals surface area contributed by atoms with E-state index < -0.39 is 30.4 Å². The number of fused-ring (bicyclic) bond motifs is 3. The molecule has 2 aromatic rings. The third-order valence-electron chi connectivity index (χ3n) is 7.07. The molecule has 0 aromatic heterocycles. The fourth-order valence-corrected chi connectivity index (χ4v) is 5.37. The summed E-state index contributed by atoms with van der Waals surface area (Å²) in [4.78, 5) is 37.0. The van der Waals surface area contributed by atoms with Gasteiger partial charge in [-0.1, -0.05) is 61.4 Å². The number of ether oxygens (including phenoxy) is 1. The van der Waals surface area contributed by atoms with E-state index in [1.807, 2.05) is 48.5 Å². The summed E-state index contributed by atoms with van der Waals surface area (Å²) >= 11 is 0. The monoisotopic (exact) mass is 480 g/mol. The molecule has 35 heavy (non-hydrogen) atoms. The van der Waals surface area contributed by atoms with Crippen LogP contribution in [-0.4, -0.2) is 53.5 Å². The van der Waals surface area contributed by atoms with Crippen molar-refractivity contribution in [1.29, 1.82) is 0 Å². The molecule has 2 aliphatic carbocycles. The summed E-state index contributed by atoms with van der Waals surface area (Å²) in [5.41, 5.74) is 4.32. The van der Waals surface area contributed by atoms with Gasteiger partial charge in [0.25, 0.3) is 0 Å². The van der Waals surface area contributed by atoms with Crippen LogP contribution in [0.3, 0.4) is 0 Å². The van der Waals surface area contributed by atoms with Gasteiger partial charge in [-0.05, 0) is 47.4 Å². The van der Waals surface area contributed by atoms with Crippen molar-refractivity contribution in [2.24, 2.45) is 5.92 Å². The Morgan fingerprint density at radius 2 is 1.54 bits per heavy atom. The molecule has 2 amide bonds. The van der Waals surface area contributed by atoms with Crippen molar-refractivity contribution in [2.75, 3.05) is 13.2 Å². The minimum absolute atomic E-state index is 0.0660. The largest absolute Gasteiger partial charge is 0.481 e. The van der Waals surface area contributed by atoms with Crippen molar-refractivity contribution in [2.45, 2.75) is 56.5 Å². The van der Waals surface area contributed by atoms with E-state index in [1.165, 1.54) is 0 Å². The molecule has 0 aliphatic heterocycles. The Labute approximate surface area is 204 Å². The van der Waals surface area contributed by atoms with E-state index >= 15 is 0 Å². The summed E-state index contributed by atoms with van der Waals surface area (Å²) in [6, 6.07) is 14.4. The molecule has 0 spiro atoms. The van der Waals surface area contributed by atoms with Gasteiger partial charge >= 0.3 is 12.1 Å². The van der Waals surface area contributed by atoms with Gasteiger partial charge in [-0.3, -0.25) is 9.59 Å². The van der Waals surface area contributed by atoms with Crippen molar-refractivity contribution < 1.29 is 29.3 Å². The SMILES string of the molecule is O=C(O)CC(NC(=O)OCC1c2ccccc2-c2ccccc21)C(=O)NC(CCO)C1CCCC1. The minimum Gasteiger partial charge on any atom is -0.481 e. The van der Waals surface area contributed by atoms with Gasteiger partial charge in [0.05, 0.1) is 6.42 Å². The van der Waals surface area contributed by atoms with Crippen molar-refractivity contribution in [1.82, 2.24) is 10.6 Å². The van der Waals surface area contributed by atoms with Gasteiger partial charge in [0, 0.05) is 18.6 Å². The number of amides is 2. The van der Waals surface area contributed by atoms with Gasteiger partial charge in [-0.2, -0.15) is 0 Å². The van der Waals surface area contributed by atoms with E-state index in [-0.39, 0.29) is 31.1 Å². The number of alkyl carbamates (subject to hydrolysis) is 1. The maximum absolute atomic E-state index is 12.9. The van der Waals surface area contributed by atoms with E-state index in [0.29, 0.717) is 6.42 Å². The fourth-order valence-electron chi connectivity index (χ4n) is 5.37. The van der Waals surface area contributed by atoms with Gasteiger partial charge in [0.15, 0.2) is 0 Å². The smallest absolute Gasteiger partial charge is 0.407 e. The molecule has 2 unspecified atom stereocenters. The third-order valence-corrected chi connectivity index (χ3v) is 7.07. The topological polar surface area (TPSA) is 125 Å². The molecule has 186 valence electrons. The molecule has 8 heteroatoms. The molecule has 2 aromatic carbocycles. The predicted molar refractivity (Wildman–Crippen MR) is 130 cm³/mol. The van der Waals surface area contributed by atoms with Crippen molar-refractivity contribution in [3.63, 3.8) is 0 Å². The maximum atomic E-state index is 12.9. The lowest BCUT2D eigenvalue weighted by atomic mass is 9.95. The summed E-state index contributed by atoms with van der Waals surface area (Å²) in [7, 11) is 0. The Morgan fingerprint density at radius 3 is 2.11 bits per heavy atom. The zero-order chi connectivity index (χ0) is 24.8. The van der Waals surface area contributed by atoms with E-state index in [2.05, 4.69) is 10.6 Å². The molecule has 4 N–H and O–H groups in total. The minimum atomic E-state index is -1.27. The summed E-state index contributed by atoms with van der Waals surface area (Å²) in [5.74, 6) is -1.68. The highest BCUT2D eigenvalue weighted by molar-refractivity contribution is 5.89. The van der Waals surface area contributed by atoms with Gasteiger partial charge in [0.1, 0.15) is 12.6 Å². The Morgan fingerprint density at radius 1 is 0.943 bits per heavy atom. The standard InChI is InChI=1S/C27H32N2O6/c30-14-13-23(17-7-1-2-8-17)28-26(33)24(15-25(31)32)29-27(34)35-16-22-20-11-5-3-9-18(20)19-10-4-6-12-21(19)22/h3-6,9-12,17,22-24,30H,1-2,7-8,13-16H2,(H,28,33)(H,29,34)(H,31,32). The van der Waals surface area contributed by atoms with Gasteiger partial charge in [-0.15, -0.1) is 0 Å². The van der Waals surface area contributed by atoms with Crippen LogP contribution >= 0.6 is 0 Å². The van der Waals surface area contributed by atoms with Crippen molar-refractivity contribution in [3.8, 4) is 11.1 Å². The molecular formula is C27H32N2O6. The van der Waals surface area contributed by atoms with Crippen LogP contribution in [0.2, 0.25) is 0 Å². The van der Waals surface area contributed by atoms with Gasteiger partial charge < -0.3 is 25.6 Å². The number of carbonyl (C=O) groups is 3. The first-order valence-corrected chi connectivity index (χ1v) is 12.2.